The highest BCUT2D eigenvalue weighted by atomic mass is 35.5. The highest BCUT2D eigenvalue weighted by molar-refractivity contribution is 6.31. The fourth-order valence-electron chi connectivity index (χ4n) is 1.66. The van der Waals surface area contributed by atoms with Crippen molar-refractivity contribution in [2.45, 2.75) is 12.5 Å². The quantitative estimate of drug-likeness (QED) is 0.832. The Balaban J connectivity index is 2.04. The van der Waals surface area contributed by atoms with E-state index in [1.807, 2.05) is 0 Å². The van der Waals surface area contributed by atoms with Gasteiger partial charge in [-0.05, 0) is 11.6 Å². The zero-order valence-corrected chi connectivity index (χ0v) is 9.87. The van der Waals surface area contributed by atoms with Crippen molar-refractivity contribution in [3.63, 3.8) is 0 Å². The molecule has 0 amide bonds. The average Bonchev–Trinajstić information content (AvgIpc) is 2.36. The number of ether oxygens (including phenoxy) is 2. The van der Waals surface area contributed by atoms with Gasteiger partial charge in [0.2, 0.25) is 0 Å². The van der Waals surface area contributed by atoms with E-state index in [2.05, 4.69) is 0 Å². The summed E-state index contributed by atoms with van der Waals surface area (Å²) < 4.78 is 23.6. The minimum Gasteiger partial charge on any atom is -0.376 e. The fourth-order valence-corrected chi connectivity index (χ4v) is 1.85. The Morgan fingerprint density at radius 3 is 3.00 bits per heavy atom. The maximum absolute atomic E-state index is 13.2. The summed E-state index contributed by atoms with van der Waals surface area (Å²) in [7, 11) is 0. The normalized spacial score (nSPS) is 20.2. The first kappa shape index (κ1) is 12.5. The summed E-state index contributed by atoms with van der Waals surface area (Å²) in [6, 6.07) is 4.42. The molecule has 0 saturated carbocycles. The van der Waals surface area contributed by atoms with Crippen LogP contribution in [0.1, 0.15) is 5.56 Å². The van der Waals surface area contributed by atoms with Crippen LogP contribution in [0.25, 0.3) is 0 Å². The Hall–Kier alpha value is -0.970. The molecule has 1 aliphatic rings. The summed E-state index contributed by atoms with van der Waals surface area (Å²) in [6.45, 7) is 1.17. The van der Waals surface area contributed by atoms with Gasteiger partial charge in [0.1, 0.15) is 11.9 Å². The SMILES string of the molecule is O=C(Cc1cccc(F)c1Cl)C1COCCO1. The molecule has 2 rings (SSSR count). The van der Waals surface area contributed by atoms with E-state index in [0.717, 1.165) is 0 Å². The van der Waals surface area contributed by atoms with Crippen LogP contribution >= 0.6 is 11.6 Å². The van der Waals surface area contributed by atoms with E-state index < -0.39 is 11.9 Å². The van der Waals surface area contributed by atoms with Gasteiger partial charge in [-0.1, -0.05) is 23.7 Å². The summed E-state index contributed by atoms with van der Waals surface area (Å²) in [5, 5.41) is -0.00224. The second-order valence-electron chi connectivity index (χ2n) is 3.79. The molecule has 1 heterocycles. The van der Waals surface area contributed by atoms with Gasteiger partial charge in [0, 0.05) is 6.42 Å². The Morgan fingerprint density at radius 2 is 2.29 bits per heavy atom. The molecule has 0 bridgehead atoms. The number of rotatable bonds is 3. The molecule has 1 unspecified atom stereocenters. The average molecular weight is 259 g/mol. The minimum atomic E-state index is -0.567. The maximum Gasteiger partial charge on any atom is 0.168 e. The molecular formula is C12H12ClFO3. The Bertz CT molecular complexity index is 416. The third-order valence-corrected chi connectivity index (χ3v) is 2.99. The highest BCUT2D eigenvalue weighted by Crippen LogP contribution is 2.21. The lowest BCUT2D eigenvalue weighted by atomic mass is 10.1. The van der Waals surface area contributed by atoms with Gasteiger partial charge in [0.25, 0.3) is 0 Å². The number of hydrogen-bond donors (Lipinski definition) is 0. The molecule has 1 saturated heterocycles. The molecular weight excluding hydrogens is 247 g/mol. The molecule has 1 aromatic carbocycles. The summed E-state index contributed by atoms with van der Waals surface area (Å²) in [5.74, 6) is -0.657. The van der Waals surface area contributed by atoms with Crippen molar-refractivity contribution >= 4 is 17.4 Å². The molecule has 1 aromatic rings. The standard InChI is InChI=1S/C12H12ClFO3/c13-12-8(2-1-3-9(12)14)6-10(15)11-7-16-4-5-17-11/h1-3,11H,4-7H2. The van der Waals surface area contributed by atoms with Crippen LogP contribution in [0.4, 0.5) is 4.39 Å². The molecule has 0 aromatic heterocycles. The lowest BCUT2D eigenvalue weighted by molar-refractivity contribution is -0.144. The van der Waals surface area contributed by atoms with Crippen LogP contribution in [0, 0.1) is 5.82 Å². The Labute approximate surface area is 103 Å². The number of carbonyl (C=O) groups is 1. The number of ketones is 1. The topological polar surface area (TPSA) is 35.5 Å². The molecule has 17 heavy (non-hydrogen) atoms. The zero-order valence-electron chi connectivity index (χ0n) is 9.12. The molecule has 1 aliphatic heterocycles. The largest absolute Gasteiger partial charge is 0.376 e. The van der Waals surface area contributed by atoms with E-state index >= 15 is 0 Å². The first-order valence-corrected chi connectivity index (χ1v) is 5.71. The fraction of sp³-hybridized carbons (Fsp3) is 0.417. The summed E-state index contributed by atoms with van der Waals surface area (Å²) >= 11 is 5.78. The van der Waals surface area contributed by atoms with Gasteiger partial charge in [0.15, 0.2) is 5.78 Å². The predicted octanol–water partition coefficient (Wildman–Crippen LogP) is 2.01. The smallest absolute Gasteiger partial charge is 0.168 e. The molecule has 5 heteroatoms. The van der Waals surface area contributed by atoms with Crippen LogP contribution in [0.3, 0.4) is 0 Å². The second-order valence-corrected chi connectivity index (χ2v) is 4.17. The summed E-state index contributed by atoms with van der Waals surface area (Å²) in [5.41, 5.74) is 0.478. The van der Waals surface area contributed by atoms with Crippen molar-refractivity contribution in [3.8, 4) is 0 Å². The molecule has 1 atom stereocenters. The van der Waals surface area contributed by atoms with Gasteiger partial charge in [0.05, 0.1) is 24.8 Å². The van der Waals surface area contributed by atoms with Crippen LogP contribution in [0.5, 0.6) is 0 Å². The zero-order chi connectivity index (χ0) is 12.3. The number of hydrogen-bond acceptors (Lipinski definition) is 3. The molecule has 92 valence electrons. The third kappa shape index (κ3) is 3.03. The van der Waals surface area contributed by atoms with Crippen LogP contribution in [0.15, 0.2) is 18.2 Å². The lowest BCUT2D eigenvalue weighted by Crippen LogP contribution is -2.36. The number of Topliss-reactive ketones (excluding diaryl/α,β-unsaturated/α-hetero) is 1. The molecule has 0 radical (unpaired) electrons. The molecule has 0 aliphatic carbocycles. The third-order valence-electron chi connectivity index (χ3n) is 2.57. The van der Waals surface area contributed by atoms with Crippen LogP contribution in [0.2, 0.25) is 5.02 Å². The van der Waals surface area contributed by atoms with Gasteiger partial charge < -0.3 is 9.47 Å². The highest BCUT2D eigenvalue weighted by Gasteiger charge is 2.23. The summed E-state index contributed by atoms with van der Waals surface area (Å²) in [6.07, 6.45) is -0.506. The van der Waals surface area contributed by atoms with Crippen molar-refractivity contribution < 1.29 is 18.7 Å². The van der Waals surface area contributed by atoms with E-state index in [0.29, 0.717) is 18.8 Å². The van der Waals surface area contributed by atoms with Crippen LogP contribution in [-0.4, -0.2) is 31.7 Å². The predicted molar refractivity (Wildman–Crippen MR) is 60.7 cm³/mol. The lowest BCUT2D eigenvalue weighted by Gasteiger charge is -2.21. The van der Waals surface area contributed by atoms with E-state index in [-0.39, 0.29) is 23.8 Å². The molecule has 0 N–H and O–H groups in total. The number of benzene rings is 1. The number of carbonyl (C=O) groups excluding carboxylic acids is 1. The van der Waals surface area contributed by atoms with Crippen molar-refractivity contribution in [2.24, 2.45) is 0 Å². The van der Waals surface area contributed by atoms with E-state index in [1.54, 1.807) is 6.07 Å². The Morgan fingerprint density at radius 1 is 1.47 bits per heavy atom. The van der Waals surface area contributed by atoms with Crippen molar-refractivity contribution in [2.75, 3.05) is 19.8 Å². The van der Waals surface area contributed by atoms with Gasteiger partial charge >= 0.3 is 0 Å². The van der Waals surface area contributed by atoms with E-state index in [9.17, 15) is 9.18 Å². The van der Waals surface area contributed by atoms with Crippen LogP contribution < -0.4 is 0 Å². The van der Waals surface area contributed by atoms with Crippen molar-refractivity contribution in [3.05, 3.63) is 34.6 Å². The van der Waals surface area contributed by atoms with Crippen LogP contribution in [-0.2, 0) is 20.7 Å². The van der Waals surface area contributed by atoms with Crippen molar-refractivity contribution in [1.29, 1.82) is 0 Å². The first-order chi connectivity index (χ1) is 8.18. The monoisotopic (exact) mass is 258 g/mol. The maximum atomic E-state index is 13.2. The van der Waals surface area contributed by atoms with E-state index in [1.165, 1.54) is 12.1 Å². The van der Waals surface area contributed by atoms with Gasteiger partial charge in [-0.15, -0.1) is 0 Å². The van der Waals surface area contributed by atoms with Crippen molar-refractivity contribution in [1.82, 2.24) is 0 Å². The molecule has 1 fully saturated rings. The van der Waals surface area contributed by atoms with E-state index in [4.69, 9.17) is 21.1 Å². The number of halogens is 2. The second kappa shape index (κ2) is 5.58. The minimum absolute atomic E-state index is 0.00224. The molecule has 0 spiro atoms. The molecule has 3 nitrogen and oxygen atoms in total. The van der Waals surface area contributed by atoms with Gasteiger partial charge in [-0.2, -0.15) is 0 Å². The van der Waals surface area contributed by atoms with Gasteiger partial charge in [-0.25, -0.2) is 4.39 Å². The van der Waals surface area contributed by atoms with Gasteiger partial charge in [-0.3, -0.25) is 4.79 Å². The first-order valence-electron chi connectivity index (χ1n) is 5.33. The summed E-state index contributed by atoms with van der Waals surface area (Å²) in [4.78, 5) is 11.8. The Kier molecular flexibility index (Phi) is 4.10.